The number of aryl methyl sites for hydroxylation is 1. The number of carbonyl (C=O) groups is 1. The van der Waals surface area contributed by atoms with Gasteiger partial charge in [-0.2, -0.15) is 0 Å². The summed E-state index contributed by atoms with van der Waals surface area (Å²) in [7, 11) is 0. The summed E-state index contributed by atoms with van der Waals surface area (Å²) in [6.45, 7) is 6.04. The largest absolute Gasteiger partial charge is 0.507 e. The van der Waals surface area contributed by atoms with Crippen LogP contribution in [0, 0.1) is 11.8 Å². The molecule has 0 heterocycles. The molecule has 1 atom stereocenters. The van der Waals surface area contributed by atoms with Crippen molar-refractivity contribution in [2.75, 3.05) is 6.54 Å². The SMILES string of the molecule is CCCCCC[NH+](Cc1ccc(C#Cc2ccc(CCCC)cc2)cc1)c1ccc(O)c(C(=O)O)c1. The van der Waals surface area contributed by atoms with E-state index in [9.17, 15) is 15.0 Å². The molecule has 0 radical (unpaired) electrons. The number of unbranched alkanes of at least 4 members (excludes halogenated alkanes) is 4. The molecule has 3 aromatic carbocycles. The summed E-state index contributed by atoms with van der Waals surface area (Å²) >= 11 is 0. The standard InChI is InChI=1S/C32H37NO3/c1-3-5-7-8-22-33(29-20-21-31(34)30(23-29)32(35)36)24-28-18-16-27(17-19-28)15-14-26-12-10-25(11-13-26)9-6-4-2/h10-13,16-21,23,34H,3-9,22,24H2,1-2H3,(H,35,36)/p+1. The van der Waals surface area contributed by atoms with Crippen LogP contribution in [-0.4, -0.2) is 22.7 Å². The number of rotatable bonds is 12. The van der Waals surface area contributed by atoms with Crippen molar-refractivity contribution in [1.82, 2.24) is 0 Å². The second-order valence-corrected chi connectivity index (χ2v) is 9.38. The lowest BCUT2D eigenvalue weighted by atomic mass is 10.1. The highest BCUT2D eigenvalue weighted by atomic mass is 16.4. The maximum atomic E-state index is 11.5. The van der Waals surface area contributed by atoms with Crippen molar-refractivity contribution in [2.24, 2.45) is 0 Å². The number of benzene rings is 3. The third-order valence-corrected chi connectivity index (χ3v) is 6.46. The minimum atomic E-state index is -1.11. The van der Waals surface area contributed by atoms with E-state index in [1.165, 1.54) is 42.2 Å². The van der Waals surface area contributed by atoms with Crippen molar-refractivity contribution in [3.05, 3.63) is 94.5 Å². The zero-order valence-electron chi connectivity index (χ0n) is 21.5. The maximum Gasteiger partial charge on any atom is 0.339 e. The van der Waals surface area contributed by atoms with Gasteiger partial charge in [-0.1, -0.05) is 69.2 Å². The first-order valence-electron chi connectivity index (χ1n) is 13.1. The Hall–Kier alpha value is -3.55. The van der Waals surface area contributed by atoms with E-state index < -0.39 is 5.97 Å². The van der Waals surface area contributed by atoms with Gasteiger partial charge in [0.2, 0.25) is 0 Å². The predicted octanol–water partition coefficient (Wildman–Crippen LogP) is 6.13. The monoisotopic (exact) mass is 484 g/mol. The fraction of sp³-hybridized carbons (Fsp3) is 0.344. The summed E-state index contributed by atoms with van der Waals surface area (Å²) in [5.74, 6) is 5.21. The van der Waals surface area contributed by atoms with E-state index >= 15 is 0 Å². The molecule has 4 heteroatoms. The Kier molecular flexibility index (Phi) is 10.6. The zero-order chi connectivity index (χ0) is 25.8. The molecule has 36 heavy (non-hydrogen) atoms. The van der Waals surface area contributed by atoms with Crippen LogP contribution in [0.3, 0.4) is 0 Å². The zero-order valence-corrected chi connectivity index (χ0v) is 21.5. The van der Waals surface area contributed by atoms with E-state index in [1.807, 2.05) is 18.2 Å². The molecule has 3 aromatic rings. The average Bonchev–Trinajstić information content (AvgIpc) is 2.89. The van der Waals surface area contributed by atoms with Gasteiger partial charge >= 0.3 is 5.97 Å². The summed E-state index contributed by atoms with van der Waals surface area (Å²) in [5.41, 5.74) is 5.34. The average molecular weight is 485 g/mol. The van der Waals surface area contributed by atoms with Gasteiger partial charge in [0.25, 0.3) is 0 Å². The molecule has 0 aliphatic rings. The molecule has 188 valence electrons. The molecule has 0 aromatic heterocycles. The van der Waals surface area contributed by atoms with Crippen molar-refractivity contribution in [3.8, 4) is 17.6 Å². The van der Waals surface area contributed by atoms with Crippen molar-refractivity contribution in [3.63, 3.8) is 0 Å². The van der Waals surface area contributed by atoms with Crippen LogP contribution in [0.15, 0.2) is 66.7 Å². The van der Waals surface area contributed by atoms with E-state index in [4.69, 9.17) is 0 Å². The minimum Gasteiger partial charge on any atom is -0.507 e. The van der Waals surface area contributed by atoms with Gasteiger partial charge in [0, 0.05) is 28.8 Å². The second kappa shape index (κ2) is 14.1. The van der Waals surface area contributed by atoms with Gasteiger partial charge in [-0.15, -0.1) is 0 Å². The van der Waals surface area contributed by atoms with Crippen LogP contribution >= 0.6 is 0 Å². The first-order chi connectivity index (χ1) is 17.5. The van der Waals surface area contributed by atoms with E-state index in [-0.39, 0.29) is 11.3 Å². The number of phenols is 1. The van der Waals surface area contributed by atoms with Crippen molar-refractivity contribution < 1.29 is 19.9 Å². The molecule has 0 aliphatic carbocycles. The summed E-state index contributed by atoms with van der Waals surface area (Å²) < 4.78 is 0. The molecule has 0 bridgehead atoms. The van der Waals surface area contributed by atoms with Crippen LogP contribution < -0.4 is 4.90 Å². The lowest BCUT2D eigenvalue weighted by Crippen LogP contribution is -3.05. The Morgan fingerprint density at radius 2 is 1.39 bits per heavy atom. The number of nitrogens with one attached hydrogen (secondary N) is 1. The van der Waals surface area contributed by atoms with Gasteiger partial charge in [-0.3, -0.25) is 4.90 Å². The molecule has 0 fully saturated rings. The lowest BCUT2D eigenvalue weighted by Gasteiger charge is -2.20. The topological polar surface area (TPSA) is 62.0 Å². The van der Waals surface area contributed by atoms with Crippen LogP contribution in [0.1, 0.15) is 85.0 Å². The van der Waals surface area contributed by atoms with Gasteiger partial charge in [-0.25, -0.2) is 4.79 Å². The van der Waals surface area contributed by atoms with Crippen molar-refractivity contribution in [1.29, 1.82) is 0 Å². The number of carboxylic acids is 1. The Balaban J connectivity index is 1.71. The van der Waals surface area contributed by atoms with Crippen LogP contribution in [-0.2, 0) is 13.0 Å². The summed E-state index contributed by atoms with van der Waals surface area (Å²) in [6, 6.07) is 21.7. The summed E-state index contributed by atoms with van der Waals surface area (Å²) in [5, 5.41) is 19.4. The molecule has 4 nitrogen and oxygen atoms in total. The molecular formula is C32H38NO3+. The number of hydrogen-bond donors (Lipinski definition) is 3. The number of carboxylic acid groups (broad SMARTS) is 1. The highest BCUT2D eigenvalue weighted by Gasteiger charge is 2.18. The van der Waals surface area contributed by atoms with E-state index in [0.717, 1.165) is 54.7 Å². The van der Waals surface area contributed by atoms with Gasteiger partial charge in [0.1, 0.15) is 23.5 Å². The highest BCUT2D eigenvalue weighted by Crippen LogP contribution is 2.20. The van der Waals surface area contributed by atoms with Crippen LogP contribution in [0.2, 0.25) is 0 Å². The van der Waals surface area contributed by atoms with Crippen molar-refractivity contribution in [2.45, 2.75) is 65.3 Å². The van der Waals surface area contributed by atoms with Crippen LogP contribution in [0.5, 0.6) is 5.75 Å². The smallest absolute Gasteiger partial charge is 0.339 e. The van der Waals surface area contributed by atoms with E-state index in [2.05, 4.69) is 62.1 Å². The third kappa shape index (κ3) is 8.29. The highest BCUT2D eigenvalue weighted by molar-refractivity contribution is 5.91. The lowest BCUT2D eigenvalue weighted by molar-refractivity contribution is -0.847. The van der Waals surface area contributed by atoms with E-state index in [0.29, 0.717) is 0 Å². The maximum absolute atomic E-state index is 11.5. The molecule has 0 saturated carbocycles. The number of aromatic carboxylic acids is 1. The normalized spacial score (nSPS) is 11.5. The second-order valence-electron chi connectivity index (χ2n) is 9.38. The Labute approximate surface area is 215 Å². The first-order valence-corrected chi connectivity index (χ1v) is 13.1. The quantitative estimate of drug-likeness (QED) is 0.165. The Morgan fingerprint density at radius 1 is 0.778 bits per heavy atom. The number of aromatic hydroxyl groups is 1. The number of hydrogen-bond acceptors (Lipinski definition) is 2. The summed E-state index contributed by atoms with van der Waals surface area (Å²) in [4.78, 5) is 12.7. The molecule has 1 unspecified atom stereocenters. The van der Waals surface area contributed by atoms with Gasteiger partial charge < -0.3 is 10.2 Å². The molecule has 0 aliphatic heterocycles. The van der Waals surface area contributed by atoms with Gasteiger partial charge in [-0.05, 0) is 61.6 Å². The molecule has 0 saturated heterocycles. The fourth-order valence-electron chi connectivity index (χ4n) is 4.26. The third-order valence-electron chi connectivity index (χ3n) is 6.46. The summed E-state index contributed by atoms with van der Waals surface area (Å²) in [6.07, 6.45) is 8.11. The van der Waals surface area contributed by atoms with Gasteiger partial charge in [0.05, 0.1) is 6.54 Å². The number of quaternary nitrogens is 1. The molecular weight excluding hydrogens is 446 g/mol. The fourth-order valence-corrected chi connectivity index (χ4v) is 4.26. The molecule has 0 amide bonds. The van der Waals surface area contributed by atoms with Crippen LogP contribution in [0.25, 0.3) is 0 Å². The van der Waals surface area contributed by atoms with Crippen molar-refractivity contribution >= 4 is 11.7 Å². The molecule has 3 rings (SSSR count). The van der Waals surface area contributed by atoms with Crippen LogP contribution in [0.4, 0.5) is 5.69 Å². The van der Waals surface area contributed by atoms with Gasteiger partial charge in [0.15, 0.2) is 0 Å². The molecule has 0 spiro atoms. The minimum absolute atomic E-state index is 0.0532. The predicted molar refractivity (Wildman–Crippen MR) is 146 cm³/mol. The first kappa shape index (κ1) is 27.0. The van der Waals surface area contributed by atoms with E-state index in [1.54, 1.807) is 6.07 Å². The Morgan fingerprint density at radius 3 is 1.97 bits per heavy atom. The molecule has 3 N–H and O–H groups in total. The Bertz CT molecular complexity index is 1170.